The number of benzene rings is 3. The zero-order valence-electron chi connectivity index (χ0n) is 17.3. The Hall–Kier alpha value is -3.58. The Kier molecular flexibility index (Phi) is 4.98. The number of hydrogen-bond acceptors (Lipinski definition) is 5. The van der Waals surface area contributed by atoms with Crippen LogP contribution in [0.5, 0.6) is 11.5 Å². The molecule has 0 aliphatic carbocycles. The number of nitrogens with zero attached hydrogens (tertiary/aromatic N) is 1. The van der Waals surface area contributed by atoms with E-state index >= 15 is 0 Å². The van der Waals surface area contributed by atoms with E-state index in [-0.39, 0.29) is 17.1 Å². The molecule has 0 saturated carbocycles. The van der Waals surface area contributed by atoms with Gasteiger partial charge in [-0.05, 0) is 54.1 Å². The standard InChI is InChI=1S/C25H18BrNO5/c1-30-19-12-7-14(13-20(19)31-2)22-21-23(28)17-5-3-4-6-18(17)32-24(21)25(29)27(22)16-10-8-15(26)9-11-16/h3-13,22H,1-2H3. The van der Waals surface area contributed by atoms with Crippen molar-refractivity contribution in [2.45, 2.75) is 6.04 Å². The molecule has 0 bridgehead atoms. The average molecular weight is 492 g/mol. The van der Waals surface area contributed by atoms with Crippen LogP contribution in [0.3, 0.4) is 0 Å². The van der Waals surface area contributed by atoms with Crippen molar-refractivity contribution in [3.63, 3.8) is 0 Å². The van der Waals surface area contributed by atoms with Gasteiger partial charge in [0.1, 0.15) is 5.58 Å². The van der Waals surface area contributed by atoms with Gasteiger partial charge in [-0.15, -0.1) is 0 Å². The molecule has 1 unspecified atom stereocenters. The summed E-state index contributed by atoms with van der Waals surface area (Å²) in [5, 5.41) is 0.433. The number of rotatable bonds is 4. The van der Waals surface area contributed by atoms with Crippen molar-refractivity contribution in [1.29, 1.82) is 0 Å². The molecule has 1 amide bonds. The molecule has 0 spiro atoms. The van der Waals surface area contributed by atoms with E-state index in [1.165, 1.54) is 0 Å². The first kappa shape index (κ1) is 20.3. The molecule has 0 radical (unpaired) electrons. The van der Waals surface area contributed by atoms with E-state index in [9.17, 15) is 9.59 Å². The second kappa shape index (κ2) is 7.84. The molecule has 1 aliphatic heterocycles. The number of para-hydroxylation sites is 1. The van der Waals surface area contributed by atoms with Crippen LogP contribution >= 0.6 is 15.9 Å². The Morgan fingerprint density at radius 2 is 1.62 bits per heavy atom. The number of amides is 1. The molecule has 0 N–H and O–H groups in total. The normalized spacial score (nSPS) is 15.2. The molecule has 3 aromatic carbocycles. The van der Waals surface area contributed by atoms with Crippen molar-refractivity contribution in [3.8, 4) is 11.5 Å². The van der Waals surface area contributed by atoms with Crippen molar-refractivity contribution in [3.05, 3.63) is 98.3 Å². The Morgan fingerprint density at radius 3 is 2.34 bits per heavy atom. The average Bonchev–Trinajstić information content (AvgIpc) is 3.12. The zero-order chi connectivity index (χ0) is 22.4. The van der Waals surface area contributed by atoms with Crippen LogP contribution in [0.25, 0.3) is 11.0 Å². The quantitative estimate of drug-likeness (QED) is 0.386. The lowest BCUT2D eigenvalue weighted by Gasteiger charge is -2.26. The summed E-state index contributed by atoms with van der Waals surface area (Å²) in [6, 6.07) is 19.0. The second-order valence-electron chi connectivity index (χ2n) is 7.34. The van der Waals surface area contributed by atoms with Crippen LogP contribution in [-0.4, -0.2) is 20.1 Å². The van der Waals surface area contributed by atoms with E-state index in [4.69, 9.17) is 13.9 Å². The molecule has 6 nitrogen and oxygen atoms in total. The van der Waals surface area contributed by atoms with Crippen molar-refractivity contribution >= 4 is 38.5 Å². The minimum absolute atomic E-state index is 0.0522. The summed E-state index contributed by atoms with van der Waals surface area (Å²) < 4.78 is 17.7. The third-order valence-electron chi connectivity index (χ3n) is 5.61. The first-order valence-electron chi connectivity index (χ1n) is 9.90. The zero-order valence-corrected chi connectivity index (χ0v) is 18.9. The van der Waals surface area contributed by atoms with E-state index in [0.717, 1.165) is 4.47 Å². The molecule has 0 saturated heterocycles. The van der Waals surface area contributed by atoms with E-state index in [1.54, 1.807) is 55.5 Å². The molecule has 2 heterocycles. The van der Waals surface area contributed by atoms with Gasteiger partial charge in [0.2, 0.25) is 5.76 Å². The first-order chi connectivity index (χ1) is 15.5. The number of carbonyl (C=O) groups excluding carboxylic acids is 1. The Bertz CT molecular complexity index is 1410. The molecule has 1 aromatic heterocycles. The second-order valence-corrected chi connectivity index (χ2v) is 8.25. The van der Waals surface area contributed by atoms with Gasteiger partial charge in [0.05, 0.1) is 31.2 Å². The molecule has 1 aliphatic rings. The van der Waals surface area contributed by atoms with Crippen LogP contribution in [0.4, 0.5) is 5.69 Å². The predicted molar refractivity (Wildman–Crippen MR) is 125 cm³/mol. The minimum atomic E-state index is -0.681. The van der Waals surface area contributed by atoms with Crippen LogP contribution in [0.15, 0.2) is 80.4 Å². The molecule has 4 aromatic rings. The summed E-state index contributed by atoms with van der Waals surface area (Å²) in [5.41, 5.74) is 1.82. The number of methoxy groups -OCH3 is 2. The maximum atomic E-state index is 13.6. The smallest absolute Gasteiger partial charge is 0.295 e. The molecular weight excluding hydrogens is 474 g/mol. The van der Waals surface area contributed by atoms with Gasteiger partial charge < -0.3 is 13.9 Å². The maximum absolute atomic E-state index is 13.6. The lowest BCUT2D eigenvalue weighted by molar-refractivity contribution is 0.0971. The molecule has 160 valence electrons. The van der Waals surface area contributed by atoms with E-state index in [1.807, 2.05) is 30.3 Å². The lowest BCUT2D eigenvalue weighted by atomic mass is 9.97. The van der Waals surface area contributed by atoms with Gasteiger partial charge >= 0.3 is 0 Å². The summed E-state index contributed by atoms with van der Waals surface area (Å²) >= 11 is 3.43. The van der Waals surface area contributed by atoms with Crippen LogP contribution in [-0.2, 0) is 0 Å². The van der Waals surface area contributed by atoms with Crippen molar-refractivity contribution in [2.24, 2.45) is 0 Å². The summed E-state index contributed by atoms with van der Waals surface area (Å²) in [7, 11) is 3.10. The van der Waals surface area contributed by atoms with E-state index in [2.05, 4.69) is 15.9 Å². The van der Waals surface area contributed by atoms with E-state index in [0.29, 0.717) is 39.3 Å². The molecule has 7 heteroatoms. The first-order valence-corrected chi connectivity index (χ1v) is 10.7. The fraction of sp³-hybridized carbons (Fsp3) is 0.120. The molecular formula is C25H18BrNO5. The fourth-order valence-corrected chi connectivity index (χ4v) is 4.39. The summed E-state index contributed by atoms with van der Waals surface area (Å²) in [4.78, 5) is 28.7. The fourth-order valence-electron chi connectivity index (χ4n) is 4.13. The van der Waals surface area contributed by atoms with Gasteiger partial charge in [-0.2, -0.15) is 0 Å². The van der Waals surface area contributed by atoms with Gasteiger partial charge in [0.25, 0.3) is 5.91 Å². The third kappa shape index (κ3) is 3.08. The van der Waals surface area contributed by atoms with Gasteiger partial charge in [-0.25, -0.2) is 0 Å². The molecule has 0 fully saturated rings. The number of fused-ring (bicyclic) bond motifs is 2. The van der Waals surface area contributed by atoms with Crippen LogP contribution < -0.4 is 19.8 Å². The maximum Gasteiger partial charge on any atom is 0.295 e. The highest BCUT2D eigenvalue weighted by Crippen LogP contribution is 2.43. The predicted octanol–water partition coefficient (Wildman–Crippen LogP) is 5.32. The Balaban J connectivity index is 1.80. The SMILES string of the molecule is COc1ccc(C2c3c(oc4ccccc4c3=O)C(=O)N2c2ccc(Br)cc2)cc1OC. The van der Waals surface area contributed by atoms with Gasteiger partial charge in [0, 0.05) is 10.2 Å². The number of carbonyl (C=O) groups is 1. The lowest BCUT2D eigenvalue weighted by Crippen LogP contribution is -2.29. The van der Waals surface area contributed by atoms with Gasteiger partial charge in [-0.1, -0.05) is 34.1 Å². The van der Waals surface area contributed by atoms with Crippen molar-refractivity contribution < 1.29 is 18.7 Å². The molecule has 1 atom stereocenters. The number of ether oxygens (including phenoxy) is 2. The monoisotopic (exact) mass is 491 g/mol. The number of anilines is 1. The highest BCUT2D eigenvalue weighted by Gasteiger charge is 2.43. The Morgan fingerprint density at radius 1 is 0.906 bits per heavy atom. The van der Waals surface area contributed by atoms with Crippen molar-refractivity contribution in [1.82, 2.24) is 0 Å². The number of hydrogen-bond donors (Lipinski definition) is 0. The van der Waals surface area contributed by atoms with Crippen LogP contribution in [0, 0.1) is 0 Å². The van der Waals surface area contributed by atoms with Gasteiger partial charge in [-0.3, -0.25) is 14.5 Å². The largest absolute Gasteiger partial charge is 0.493 e. The molecule has 5 rings (SSSR count). The third-order valence-corrected chi connectivity index (χ3v) is 6.13. The summed E-state index contributed by atoms with van der Waals surface area (Å²) in [6.07, 6.45) is 0. The van der Waals surface area contributed by atoms with Crippen LogP contribution in [0.2, 0.25) is 0 Å². The van der Waals surface area contributed by atoms with E-state index < -0.39 is 6.04 Å². The topological polar surface area (TPSA) is 69.0 Å². The highest BCUT2D eigenvalue weighted by molar-refractivity contribution is 9.10. The van der Waals surface area contributed by atoms with Crippen molar-refractivity contribution in [2.75, 3.05) is 19.1 Å². The Labute approximate surface area is 192 Å². The summed E-state index contributed by atoms with van der Waals surface area (Å²) in [5.74, 6) is 0.745. The summed E-state index contributed by atoms with van der Waals surface area (Å²) in [6.45, 7) is 0. The highest BCUT2D eigenvalue weighted by atomic mass is 79.9. The number of halogens is 1. The van der Waals surface area contributed by atoms with Gasteiger partial charge in [0.15, 0.2) is 16.9 Å². The minimum Gasteiger partial charge on any atom is -0.493 e. The molecule has 32 heavy (non-hydrogen) atoms. The van der Waals surface area contributed by atoms with Crippen LogP contribution in [0.1, 0.15) is 27.7 Å².